The van der Waals surface area contributed by atoms with E-state index in [1.54, 1.807) is 0 Å². The highest BCUT2D eigenvalue weighted by atomic mass is 32.2. The van der Waals surface area contributed by atoms with E-state index in [0.29, 0.717) is 18.5 Å². The highest BCUT2D eigenvalue weighted by Crippen LogP contribution is 2.34. The molecular formula is C18H21N3O6S. The fraction of sp³-hybridized carbons (Fsp3) is 0.389. The van der Waals surface area contributed by atoms with Crippen molar-refractivity contribution in [2.75, 3.05) is 26.0 Å². The molecule has 2 atom stereocenters. The van der Waals surface area contributed by atoms with E-state index in [1.165, 1.54) is 38.4 Å². The van der Waals surface area contributed by atoms with E-state index in [9.17, 15) is 22.8 Å². The Morgan fingerprint density at radius 2 is 1.68 bits per heavy atom. The number of carbonyl (C=O) groups is 3. The van der Waals surface area contributed by atoms with Crippen LogP contribution >= 0.6 is 0 Å². The van der Waals surface area contributed by atoms with Gasteiger partial charge in [-0.25, -0.2) is 8.42 Å². The molecule has 9 nitrogen and oxygen atoms in total. The van der Waals surface area contributed by atoms with E-state index >= 15 is 0 Å². The Morgan fingerprint density at radius 3 is 2.18 bits per heavy atom. The Labute approximate surface area is 162 Å². The molecule has 0 radical (unpaired) electrons. The Morgan fingerprint density at radius 1 is 1.14 bits per heavy atom. The highest BCUT2D eigenvalue weighted by Gasteiger charge is 2.47. The lowest BCUT2D eigenvalue weighted by Crippen LogP contribution is -2.38. The van der Waals surface area contributed by atoms with Gasteiger partial charge in [-0.2, -0.15) is 0 Å². The smallest absolute Gasteiger partial charge is 0.264 e. The van der Waals surface area contributed by atoms with Gasteiger partial charge in [0.15, 0.2) is 0 Å². The largest absolute Gasteiger partial charge is 0.325 e. The maximum absolute atomic E-state index is 12.4. The highest BCUT2D eigenvalue weighted by molar-refractivity contribution is 7.89. The topological polar surface area (TPSA) is 113 Å². The Hall–Kier alpha value is -2.56. The van der Waals surface area contributed by atoms with Crippen molar-refractivity contribution in [1.82, 2.24) is 9.37 Å². The van der Waals surface area contributed by atoms with E-state index in [4.69, 9.17) is 4.84 Å². The quantitative estimate of drug-likeness (QED) is 0.423. The predicted molar refractivity (Wildman–Crippen MR) is 99.1 cm³/mol. The van der Waals surface area contributed by atoms with E-state index in [0.717, 1.165) is 9.37 Å². The molecule has 1 aliphatic heterocycles. The first-order chi connectivity index (χ1) is 13.3. The maximum atomic E-state index is 12.4. The fourth-order valence-electron chi connectivity index (χ4n) is 3.33. The van der Waals surface area contributed by atoms with Gasteiger partial charge in [-0.05, 0) is 37.1 Å². The lowest BCUT2D eigenvalue weighted by molar-refractivity contribution is -0.142. The molecule has 2 unspecified atom stereocenters. The number of benzene rings is 1. The van der Waals surface area contributed by atoms with Crippen LogP contribution in [0.3, 0.4) is 0 Å². The van der Waals surface area contributed by atoms with E-state index in [2.05, 4.69) is 5.32 Å². The van der Waals surface area contributed by atoms with Gasteiger partial charge in [0.25, 0.3) is 10.0 Å². The molecule has 28 heavy (non-hydrogen) atoms. The third kappa shape index (κ3) is 3.71. The van der Waals surface area contributed by atoms with E-state index in [1.807, 2.05) is 12.2 Å². The van der Waals surface area contributed by atoms with Crippen molar-refractivity contribution < 1.29 is 27.6 Å². The zero-order valence-corrected chi connectivity index (χ0v) is 16.3. The normalized spacial score (nSPS) is 21.9. The average molecular weight is 407 g/mol. The summed E-state index contributed by atoms with van der Waals surface area (Å²) in [5.74, 6) is -1.94. The molecule has 1 fully saturated rings. The summed E-state index contributed by atoms with van der Waals surface area (Å²) in [7, 11) is -1.28. The number of hydroxylamine groups is 1. The number of sulfonamides is 1. The van der Waals surface area contributed by atoms with Gasteiger partial charge in [0.2, 0.25) is 17.7 Å². The van der Waals surface area contributed by atoms with Gasteiger partial charge in [-0.15, -0.1) is 0 Å². The molecule has 10 heteroatoms. The minimum absolute atomic E-state index is 0.00340. The summed E-state index contributed by atoms with van der Waals surface area (Å²) < 4.78 is 25.0. The molecule has 0 bridgehead atoms. The number of imide groups is 1. The second-order valence-corrected chi connectivity index (χ2v) is 8.52. The number of fused-ring (bicyclic) bond motifs is 1. The third-order valence-corrected chi connectivity index (χ3v) is 6.63. The molecule has 1 aromatic rings. The van der Waals surface area contributed by atoms with Crippen molar-refractivity contribution in [3.8, 4) is 0 Å². The fourth-order valence-corrected chi connectivity index (χ4v) is 4.30. The van der Waals surface area contributed by atoms with Crippen LogP contribution in [0.4, 0.5) is 5.69 Å². The van der Waals surface area contributed by atoms with Crippen LogP contribution in [0.2, 0.25) is 0 Å². The minimum atomic E-state index is -3.78. The van der Waals surface area contributed by atoms with Crippen LogP contribution < -0.4 is 5.32 Å². The Bertz CT molecular complexity index is 899. The summed E-state index contributed by atoms with van der Waals surface area (Å²) in [6, 6.07) is 5.50. The number of hydrogen-bond donors (Lipinski definition) is 1. The standard InChI is InChI=1S/C18H21N3O6S/c1-20(27-2)28(25,26)13-9-7-12(8-10-13)19-16(22)11-21-17(23)14-5-3-4-6-15(14)18(21)24/h3-4,7-10,14-15H,5-6,11H2,1-2H3,(H,19,22). The van der Waals surface area contributed by atoms with Crippen LogP contribution in [-0.4, -0.2) is 56.2 Å². The van der Waals surface area contributed by atoms with Crippen LogP contribution in [0.25, 0.3) is 0 Å². The third-order valence-electron chi connectivity index (χ3n) is 4.93. The Kier molecular flexibility index (Phi) is 5.64. The van der Waals surface area contributed by atoms with E-state index in [-0.39, 0.29) is 35.1 Å². The van der Waals surface area contributed by atoms with Gasteiger partial charge in [-0.1, -0.05) is 16.6 Å². The van der Waals surface area contributed by atoms with Gasteiger partial charge >= 0.3 is 0 Å². The molecule has 0 aromatic heterocycles. The van der Waals surface area contributed by atoms with Crippen LogP contribution in [0.5, 0.6) is 0 Å². The zero-order chi connectivity index (χ0) is 20.5. The second-order valence-electron chi connectivity index (χ2n) is 6.59. The molecule has 1 aliphatic carbocycles. The Balaban J connectivity index is 1.64. The molecule has 2 aliphatic rings. The second kappa shape index (κ2) is 7.82. The van der Waals surface area contributed by atoms with Crippen LogP contribution in [0, 0.1) is 11.8 Å². The molecule has 0 spiro atoms. The first-order valence-corrected chi connectivity index (χ1v) is 10.1. The van der Waals surface area contributed by atoms with Crippen molar-refractivity contribution in [2.45, 2.75) is 17.7 Å². The number of hydrogen-bond acceptors (Lipinski definition) is 6. The summed E-state index contributed by atoms with van der Waals surface area (Å²) in [6.07, 6.45) is 4.79. The van der Waals surface area contributed by atoms with Gasteiger partial charge in [0, 0.05) is 12.7 Å². The first kappa shape index (κ1) is 20.2. The molecule has 150 valence electrons. The number of carbonyl (C=O) groups excluding carboxylic acids is 3. The number of rotatable bonds is 6. The van der Waals surface area contributed by atoms with Gasteiger partial charge in [0.1, 0.15) is 6.54 Å². The molecule has 0 saturated carbocycles. The number of amides is 3. The number of nitrogens with zero attached hydrogens (tertiary/aromatic N) is 2. The van der Waals surface area contributed by atoms with Gasteiger partial charge in [0.05, 0.1) is 23.8 Å². The molecule has 1 saturated heterocycles. The van der Waals surface area contributed by atoms with Crippen molar-refractivity contribution in [2.24, 2.45) is 11.8 Å². The first-order valence-electron chi connectivity index (χ1n) is 8.69. The molecule has 1 N–H and O–H groups in total. The number of nitrogens with one attached hydrogen (secondary N) is 1. The van der Waals surface area contributed by atoms with E-state index < -0.39 is 15.9 Å². The van der Waals surface area contributed by atoms with Crippen LogP contribution in [-0.2, 0) is 29.2 Å². The summed E-state index contributed by atoms with van der Waals surface area (Å²) in [4.78, 5) is 42.8. The van der Waals surface area contributed by atoms with Crippen molar-refractivity contribution in [3.05, 3.63) is 36.4 Å². The van der Waals surface area contributed by atoms with Gasteiger partial charge in [-0.3, -0.25) is 24.1 Å². The van der Waals surface area contributed by atoms with Crippen molar-refractivity contribution in [3.63, 3.8) is 0 Å². The average Bonchev–Trinajstić information content (AvgIpc) is 2.93. The number of likely N-dealkylation sites (tertiary alicyclic amines) is 1. The lowest BCUT2D eigenvalue weighted by Gasteiger charge is -2.15. The minimum Gasteiger partial charge on any atom is -0.325 e. The van der Waals surface area contributed by atoms with Crippen LogP contribution in [0.15, 0.2) is 41.3 Å². The predicted octanol–water partition coefficient (Wildman–Crippen LogP) is 0.758. The molecule has 1 heterocycles. The molecule has 3 rings (SSSR count). The summed E-state index contributed by atoms with van der Waals surface area (Å²) in [5, 5.41) is 2.57. The summed E-state index contributed by atoms with van der Waals surface area (Å²) in [5.41, 5.74) is 0.349. The number of allylic oxidation sites excluding steroid dienone is 2. The van der Waals surface area contributed by atoms with Gasteiger partial charge < -0.3 is 5.32 Å². The molecular weight excluding hydrogens is 386 g/mol. The van der Waals surface area contributed by atoms with Crippen LogP contribution in [0.1, 0.15) is 12.8 Å². The SMILES string of the molecule is CON(C)S(=O)(=O)c1ccc(NC(=O)CN2C(=O)C3CC=CCC3C2=O)cc1. The lowest BCUT2D eigenvalue weighted by atomic mass is 9.85. The number of anilines is 1. The van der Waals surface area contributed by atoms with Crippen molar-refractivity contribution >= 4 is 33.4 Å². The summed E-state index contributed by atoms with van der Waals surface area (Å²) in [6.45, 7) is -0.364. The molecule has 3 amide bonds. The maximum Gasteiger partial charge on any atom is 0.264 e. The monoisotopic (exact) mass is 407 g/mol. The molecule has 1 aromatic carbocycles. The zero-order valence-electron chi connectivity index (χ0n) is 15.5. The summed E-state index contributed by atoms with van der Waals surface area (Å²) >= 11 is 0. The van der Waals surface area contributed by atoms with Crippen molar-refractivity contribution in [1.29, 1.82) is 0 Å².